The van der Waals surface area contributed by atoms with Crippen LogP contribution in [0.5, 0.6) is 0 Å². The van der Waals surface area contributed by atoms with Crippen LogP contribution >= 0.6 is 11.6 Å². The Morgan fingerprint density at radius 1 is 1.58 bits per heavy atom. The molecule has 1 heterocycles. The lowest BCUT2D eigenvalue weighted by atomic mass is 9.92. The van der Waals surface area contributed by atoms with Crippen LogP contribution in [0.15, 0.2) is 0 Å². The monoisotopic (exact) mass is 190 g/mol. The number of hydrogen-bond acceptors (Lipinski definition) is 1. The summed E-state index contributed by atoms with van der Waals surface area (Å²) in [4.78, 5) is 0. The Labute approximate surface area is 80.4 Å². The predicted octanol–water partition coefficient (Wildman–Crippen LogP) is 3.21. The average molecular weight is 191 g/mol. The van der Waals surface area contributed by atoms with E-state index in [-0.39, 0.29) is 5.60 Å². The molecule has 12 heavy (non-hydrogen) atoms. The van der Waals surface area contributed by atoms with Crippen molar-refractivity contribution in [2.24, 2.45) is 5.92 Å². The van der Waals surface area contributed by atoms with E-state index in [4.69, 9.17) is 16.3 Å². The summed E-state index contributed by atoms with van der Waals surface area (Å²) in [5.41, 5.74) is 0.0248. The van der Waals surface area contributed by atoms with Gasteiger partial charge in [-0.15, -0.1) is 11.6 Å². The van der Waals surface area contributed by atoms with Crippen LogP contribution in [0.1, 0.15) is 39.5 Å². The third-order valence-electron chi connectivity index (χ3n) is 2.62. The van der Waals surface area contributed by atoms with Gasteiger partial charge in [0, 0.05) is 0 Å². The zero-order valence-corrected chi connectivity index (χ0v) is 8.86. The van der Waals surface area contributed by atoms with Gasteiger partial charge in [0.05, 0.1) is 18.1 Å². The maximum Gasteiger partial charge on any atom is 0.0820 e. The van der Waals surface area contributed by atoms with E-state index < -0.39 is 0 Å². The summed E-state index contributed by atoms with van der Waals surface area (Å²) in [5.74, 6) is 1.36. The standard InChI is InChI=1S/C10H19ClO/c1-3-4-5-10(8-11)6-9(2)7-12-10/h9H,3-8H2,1-2H3. The number of ether oxygens (including phenoxy) is 1. The Kier molecular flexibility index (Phi) is 3.85. The van der Waals surface area contributed by atoms with Gasteiger partial charge in [-0.05, 0) is 18.8 Å². The zero-order valence-electron chi connectivity index (χ0n) is 8.11. The number of rotatable bonds is 4. The number of unbranched alkanes of at least 4 members (excludes halogenated alkanes) is 1. The van der Waals surface area contributed by atoms with Crippen molar-refractivity contribution in [2.45, 2.75) is 45.1 Å². The van der Waals surface area contributed by atoms with E-state index in [1.807, 2.05) is 0 Å². The average Bonchev–Trinajstić information content (AvgIpc) is 2.45. The number of hydrogen-bond donors (Lipinski definition) is 0. The lowest BCUT2D eigenvalue weighted by Crippen LogP contribution is -2.29. The highest BCUT2D eigenvalue weighted by molar-refractivity contribution is 6.18. The highest BCUT2D eigenvalue weighted by atomic mass is 35.5. The van der Waals surface area contributed by atoms with Crippen LogP contribution in [-0.4, -0.2) is 18.1 Å². The Hall–Kier alpha value is 0.250. The minimum atomic E-state index is 0.0248. The van der Waals surface area contributed by atoms with Crippen LogP contribution in [0, 0.1) is 5.92 Å². The molecule has 2 heteroatoms. The summed E-state index contributed by atoms with van der Waals surface area (Å²) < 4.78 is 5.77. The molecule has 0 N–H and O–H groups in total. The van der Waals surface area contributed by atoms with Crippen molar-refractivity contribution >= 4 is 11.6 Å². The lowest BCUT2D eigenvalue weighted by Gasteiger charge is -2.25. The van der Waals surface area contributed by atoms with Gasteiger partial charge in [-0.25, -0.2) is 0 Å². The first-order chi connectivity index (χ1) is 5.72. The van der Waals surface area contributed by atoms with Crippen molar-refractivity contribution in [1.82, 2.24) is 0 Å². The summed E-state index contributed by atoms with van der Waals surface area (Å²) in [7, 11) is 0. The molecule has 1 nitrogen and oxygen atoms in total. The fraction of sp³-hybridized carbons (Fsp3) is 1.00. The van der Waals surface area contributed by atoms with Crippen molar-refractivity contribution in [1.29, 1.82) is 0 Å². The second kappa shape index (κ2) is 4.48. The second-order valence-electron chi connectivity index (χ2n) is 4.04. The Bertz CT molecular complexity index is 138. The largest absolute Gasteiger partial charge is 0.373 e. The molecule has 1 aliphatic heterocycles. The van der Waals surface area contributed by atoms with Gasteiger partial charge in [0.15, 0.2) is 0 Å². The van der Waals surface area contributed by atoms with Crippen molar-refractivity contribution in [3.05, 3.63) is 0 Å². The SMILES string of the molecule is CCCCC1(CCl)CC(C)CO1. The minimum Gasteiger partial charge on any atom is -0.373 e. The maximum atomic E-state index is 5.94. The van der Waals surface area contributed by atoms with Gasteiger partial charge in [0.25, 0.3) is 0 Å². The lowest BCUT2D eigenvalue weighted by molar-refractivity contribution is 0.0137. The van der Waals surface area contributed by atoms with Crippen LogP contribution in [0.25, 0.3) is 0 Å². The van der Waals surface area contributed by atoms with Gasteiger partial charge < -0.3 is 4.74 Å². The third-order valence-corrected chi connectivity index (χ3v) is 3.11. The van der Waals surface area contributed by atoms with Crippen molar-refractivity contribution < 1.29 is 4.74 Å². The smallest absolute Gasteiger partial charge is 0.0820 e. The molecule has 0 radical (unpaired) electrons. The van der Waals surface area contributed by atoms with Gasteiger partial charge >= 0.3 is 0 Å². The highest BCUT2D eigenvalue weighted by Crippen LogP contribution is 2.35. The van der Waals surface area contributed by atoms with E-state index in [1.165, 1.54) is 12.8 Å². The molecule has 0 aromatic heterocycles. The maximum absolute atomic E-state index is 5.94. The van der Waals surface area contributed by atoms with Gasteiger partial charge in [0.1, 0.15) is 0 Å². The molecule has 1 rings (SSSR count). The van der Waals surface area contributed by atoms with Gasteiger partial charge in [-0.2, -0.15) is 0 Å². The summed E-state index contributed by atoms with van der Waals surface area (Å²) in [5, 5.41) is 0. The zero-order chi connectivity index (χ0) is 9.03. The normalized spacial score (nSPS) is 35.8. The van der Waals surface area contributed by atoms with Crippen LogP contribution in [-0.2, 0) is 4.74 Å². The quantitative estimate of drug-likeness (QED) is 0.619. The fourth-order valence-corrected chi connectivity index (χ4v) is 2.22. The van der Waals surface area contributed by atoms with Crippen LogP contribution in [0.3, 0.4) is 0 Å². The first-order valence-electron chi connectivity index (χ1n) is 4.92. The van der Waals surface area contributed by atoms with Crippen LogP contribution < -0.4 is 0 Å². The highest BCUT2D eigenvalue weighted by Gasteiger charge is 2.37. The second-order valence-corrected chi connectivity index (χ2v) is 4.31. The van der Waals surface area contributed by atoms with E-state index in [0.717, 1.165) is 19.4 Å². The molecule has 2 atom stereocenters. The molecule has 1 saturated heterocycles. The van der Waals surface area contributed by atoms with E-state index in [9.17, 15) is 0 Å². The fourth-order valence-electron chi connectivity index (χ4n) is 1.91. The summed E-state index contributed by atoms with van der Waals surface area (Å²) >= 11 is 5.94. The molecule has 0 aromatic carbocycles. The molecule has 1 fully saturated rings. The van der Waals surface area contributed by atoms with Crippen molar-refractivity contribution in [2.75, 3.05) is 12.5 Å². The Morgan fingerprint density at radius 3 is 2.75 bits per heavy atom. The van der Waals surface area contributed by atoms with Gasteiger partial charge in [-0.1, -0.05) is 26.7 Å². The minimum absolute atomic E-state index is 0.0248. The van der Waals surface area contributed by atoms with Gasteiger partial charge in [0.2, 0.25) is 0 Å². The summed E-state index contributed by atoms with van der Waals surface area (Å²) in [6, 6.07) is 0. The van der Waals surface area contributed by atoms with E-state index in [1.54, 1.807) is 0 Å². The number of halogens is 1. The Balaban J connectivity index is 2.41. The summed E-state index contributed by atoms with van der Waals surface area (Å²) in [6.07, 6.45) is 4.75. The van der Waals surface area contributed by atoms with Crippen LogP contribution in [0.4, 0.5) is 0 Å². The van der Waals surface area contributed by atoms with Crippen LogP contribution in [0.2, 0.25) is 0 Å². The molecule has 2 unspecified atom stereocenters. The molecule has 0 aromatic rings. The Morgan fingerprint density at radius 2 is 2.33 bits per heavy atom. The van der Waals surface area contributed by atoms with Crippen molar-refractivity contribution in [3.8, 4) is 0 Å². The molecule has 0 spiro atoms. The molecule has 1 aliphatic rings. The first kappa shape index (κ1) is 10.3. The molecule has 0 aliphatic carbocycles. The number of alkyl halides is 1. The predicted molar refractivity (Wildman–Crippen MR) is 52.7 cm³/mol. The summed E-state index contributed by atoms with van der Waals surface area (Å²) in [6.45, 7) is 5.34. The first-order valence-corrected chi connectivity index (χ1v) is 5.46. The van der Waals surface area contributed by atoms with Gasteiger partial charge in [-0.3, -0.25) is 0 Å². The third kappa shape index (κ3) is 2.37. The molecule has 72 valence electrons. The van der Waals surface area contributed by atoms with E-state index in [2.05, 4.69) is 13.8 Å². The van der Waals surface area contributed by atoms with Crippen molar-refractivity contribution in [3.63, 3.8) is 0 Å². The van der Waals surface area contributed by atoms with E-state index >= 15 is 0 Å². The van der Waals surface area contributed by atoms with E-state index in [0.29, 0.717) is 11.8 Å². The molecule has 0 bridgehead atoms. The topological polar surface area (TPSA) is 9.23 Å². The molecule has 0 saturated carbocycles. The molecule has 0 amide bonds. The molecular weight excluding hydrogens is 172 g/mol. The molecular formula is C10H19ClO.